The molecule has 0 unspecified atom stereocenters. The molecule has 66 valence electrons. The monoisotopic (exact) mass is 169 g/mol. The zero-order chi connectivity index (χ0) is 8.70. The van der Waals surface area contributed by atoms with E-state index < -0.39 is 17.8 Å². The zero-order valence-electron chi connectivity index (χ0n) is 6.07. The van der Waals surface area contributed by atoms with Crippen LogP contribution < -0.4 is 5.32 Å². The summed E-state index contributed by atoms with van der Waals surface area (Å²) in [5.41, 5.74) is -2.58. The van der Waals surface area contributed by atoms with Gasteiger partial charge in [-0.3, -0.25) is 0 Å². The molecule has 0 bridgehead atoms. The Morgan fingerprint density at radius 1 is 1.45 bits per heavy atom. The average molecular weight is 169 g/mol. The lowest BCUT2D eigenvalue weighted by atomic mass is 9.88. The van der Waals surface area contributed by atoms with E-state index in [1.54, 1.807) is 0 Å². The van der Waals surface area contributed by atoms with Crippen molar-refractivity contribution in [2.45, 2.75) is 31.2 Å². The Hall–Kier alpha value is -0.290. The van der Waals surface area contributed by atoms with Crippen molar-refractivity contribution in [3.8, 4) is 0 Å². The zero-order valence-corrected chi connectivity index (χ0v) is 6.07. The van der Waals surface area contributed by atoms with Crippen LogP contribution in [0.15, 0.2) is 0 Å². The van der Waals surface area contributed by atoms with Crippen LogP contribution in [0.25, 0.3) is 0 Å². The molecule has 0 aromatic heterocycles. The van der Waals surface area contributed by atoms with Gasteiger partial charge in [-0.2, -0.15) is 13.2 Å². The highest BCUT2D eigenvalue weighted by molar-refractivity contribution is 4.98. The van der Waals surface area contributed by atoms with Gasteiger partial charge in [-0.15, -0.1) is 0 Å². The predicted molar refractivity (Wildman–Crippen MR) is 33.1 cm³/mol. The van der Waals surface area contributed by atoms with Crippen molar-refractivity contribution < 1.29 is 18.3 Å². The first-order chi connectivity index (χ1) is 4.86. The molecule has 0 aliphatic carbocycles. The number of halogens is 3. The Morgan fingerprint density at radius 3 is 2.00 bits per heavy atom. The van der Waals surface area contributed by atoms with Gasteiger partial charge >= 0.3 is 6.18 Å². The summed E-state index contributed by atoms with van der Waals surface area (Å²) in [4.78, 5) is 0. The largest absolute Gasteiger partial charge is 0.418 e. The van der Waals surface area contributed by atoms with E-state index in [-0.39, 0.29) is 0 Å². The number of rotatable bonds is 1. The van der Waals surface area contributed by atoms with Crippen molar-refractivity contribution in [3.05, 3.63) is 0 Å². The smallest absolute Gasteiger partial charge is 0.379 e. The van der Waals surface area contributed by atoms with Crippen LogP contribution in [-0.2, 0) is 0 Å². The molecule has 11 heavy (non-hydrogen) atoms. The molecule has 2 atom stereocenters. The lowest BCUT2D eigenvalue weighted by molar-refractivity contribution is -0.268. The first-order valence-corrected chi connectivity index (χ1v) is 3.38. The Kier molecular flexibility index (Phi) is 1.88. The predicted octanol–water partition coefficient (Wildman–Crippen LogP) is 0.662. The van der Waals surface area contributed by atoms with Crippen molar-refractivity contribution in [3.63, 3.8) is 0 Å². The summed E-state index contributed by atoms with van der Waals surface area (Å²) >= 11 is 0. The first-order valence-electron chi connectivity index (χ1n) is 3.38. The van der Waals surface area contributed by atoms with Gasteiger partial charge in [-0.25, -0.2) is 0 Å². The van der Waals surface area contributed by atoms with Crippen LogP contribution in [0.4, 0.5) is 13.2 Å². The molecule has 1 heterocycles. The topological polar surface area (TPSA) is 32.3 Å². The van der Waals surface area contributed by atoms with Crippen LogP contribution in [0.1, 0.15) is 13.3 Å². The maximum Gasteiger partial charge on any atom is 0.418 e. The Bertz CT molecular complexity index is 150. The summed E-state index contributed by atoms with van der Waals surface area (Å²) in [6, 6.07) is -0.831. The maximum absolute atomic E-state index is 12.0. The minimum absolute atomic E-state index is 0.381. The van der Waals surface area contributed by atoms with Gasteiger partial charge in [0.2, 0.25) is 0 Å². The maximum atomic E-state index is 12.0. The summed E-state index contributed by atoms with van der Waals surface area (Å²) in [5, 5.41) is 11.5. The first kappa shape index (κ1) is 8.80. The van der Waals surface area contributed by atoms with Crippen molar-refractivity contribution >= 4 is 0 Å². The quantitative estimate of drug-likeness (QED) is 0.604. The number of alkyl halides is 3. The molecule has 0 spiro atoms. The molecule has 0 aromatic carbocycles. The Balaban J connectivity index is 2.64. The Labute approximate surface area is 62.4 Å². The third kappa shape index (κ3) is 1.35. The number of aliphatic hydroxyl groups is 1. The summed E-state index contributed by atoms with van der Waals surface area (Å²) < 4.78 is 36.0. The van der Waals surface area contributed by atoms with Crippen LogP contribution in [0.5, 0.6) is 0 Å². The molecule has 1 saturated heterocycles. The van der Waals surface area contributed by atoms with E-state index in [4.69, 9.17) is 5.11 Å². The van der Waals surface area contributed by atoms with Crippen LogP contribution in [0.2, 0.25) is 0 Å². The van der Waals surface area contributed by atoms with E-state index in [9.17, 15) is 13.2 Å². The second-order valence-corrected chi connectivity index (χ2v) is 2.94. The third-order valence-electron chi connectivity index (χ3n) is 2.08. The van der Waals surface area contributed by atoms with Crippen LogP contribution in [-0.4, -0.2) is 29.5 Å². The van der Waals surface area contributed by atoms with Gasteiger partial charge in [0.25, 0.3) is 0 Å². The SMILES string of the molecule is C[C@@](O)([C@H]1CCN1)C(F)(F)F. The van der Waals surface area contributed by atoms with Crippen molar-refractivity contribution in [1.29, 1.82) is 0 Å². The summed E-state index contributed by atoms with van der Waals surface area (Å²) in [7, 11) is 0. The lowest BCUT2D eigenvalue weighted by Crippen LogP contribution is -2.63. The molecule has 2 nitrogen and oxygen atoms in total. The number of hydrogen-bond acceptors (Lipinski definition) is 2. The third-order valence-corrected chi connectivity index (χ3v) is 2.08. The minimum Gasteiger partial charge on any atom is -0.379 e. The summed E-state index contributed by atoms with van der Waals surface area (Å²) in [6.07, 6.45) is -4.16. The van der Waals surface area contributed by atoms with Gasteiger partial charge in [-0.05, 0) is 19.9 Å². The number of nitrogens with one attached hydrogen (secondary N) is 1. The normalized spacial score (nSPS) is 30.8. The Morgan fingerprint density at radius 2 is 1.91 bits per heavy atom. The van der Waals surface area contributed by atoms with E-state index in [0.29, 0.717) is 13.0 Å². The molecule has 1 rings (SSSR count). The fraction of sp³-hybridized carbons (Fsp3) is 1.00. The standard InChI is InChI=1S/C6H10F3NO/c1-5(11,6(7,8)9)4-2-3-10-4/h4,10-11H,2-3H2,1H3/t4-,5-/m1/s1. The van der Waals surface area contributed by atoms with Gasteiger partial charge in [0.05, 0.1) is 0 Å². The van der Waals surface area contributed by atoms with Crippen molar-refractivity contribution in [2.75, 3.05) is 6.54 Å². The van der Waals surface area contributed by atoms with Gasteiger partial charge in [0.1, 0.15) is 0 Å². The molecule has 0 aromatic rings. The molecular weight excluding hydrogens is 159 g/mol. The molecule has 1 fully saturated rings. The van der Waals surface area contributed by atoms with Crippen molar-refractivity contribution in [1.82, 2.24) is 5.32 Å². The second kappa shape index (κ2) is 2.35. The second-order valence-electron chi connectivity index (χ2n) is 2.94. The molecule has 1 aliphatic heterocycles. The van der Waals surface area contributed by atoms with Crippen molar-refractivity contribution in [2.24, 2.45) is 0 Å². The van der Waals surface area contributed by atoms with Gasteiger partial charge in [0.15, 0.2) is 5.60 Å². The van der Waals surface area contributed by atoms with Crippen LogP contribution in [0.3, 0.4) is 0 Å². The highest BCUT2D eigenvalue weighted by Crippen LogP contribution is 2.35. The molecule has 5 heteroatoms. The molecule has 0 amide bonds. The van der Waals surface area contributed by atoms with Gasteiger partial charge in [0, 0.05) is 6.04 Å². The van der Waals surface area contributed by atoms with Crippen LogP contribution in [0, 0.1) is 0 Å². The minimum atomic E-state index is -4.54. The van der Waals surface area contributed by atoms with Gasteiger partial charge in [-0.1, -0.05) is 0 Å². The summed E-state index contributed by atoms with van der Waals surface area (Å²) in [6.45, 7) is 1.35. The van der Waals surface area contributed by atoms with E-state index >= 15 is 0 Å². The number of hydrogen-bond donors (Lipinski definition) is 2. The molecule has 2 N–H and O–H groups in total. The molecule has 1 aliphatic rings. The van der Waals surface area contributed by atoms with E-state index in [2.05, 4.69) is 5.32 Å². The van der Waals surface area contributed by atoms with E-state index in [1.165, 1.54) is 0 Å². The van der Waals surface area contributed by atoms with E-state index in [0.717, 1.165) is 6.92 Å². The summed E-state index contributed by atoms with van der Waals surface area (Å²) in [5.74, 6) is 0. The lowest BCUT2D eigenvalue weighted by Gasteiger charge is -2.40. The highest BCUT2D eigenvalue weighted by atomic mass is 19.4. The molecule has 0 radical (unpaired) electrons. The van der Waals surface area contributed by atoms with E-state index in [1.807, 2.05) is 0 Å². The highest BCUT2D eigenvalue weighted by Gasteiger charge is 2.56. The van der Waals surface area contributed by atoms with Crippen LogP contribution >= 0.6 is 0 Å². The molecule has 0 saturated carbocycles. The molecular formula is C6H10F3NO. The fourth-order valence-corrected chi connectivity index (χ4v) is 0.966. The fourth-order valence-electron chi connectivity index (χ4n) is 0.966. The van der Waals surface area contributed by atoms with Gasteiger partial charge < -0.3 is 10.4 Å². The average Bonchev–Trinajstić information content (AvgIpc) is 1.53.